The Morgan fingerprint density at radius 2 is 2.31 bits per heavy atom. The Kier molecular flexibility index (Phi) is 2.96. The molecule has 0 atom stereocenters. The van der Waals surface area contributed by atoms with E-state index in [2.05, 4.69) is 10.1 Å². The van der Waals surface area contributed by atoms with E-state index in [1.54, 1.807) is 29.2 Å². The molecule has 0 fully saturated rings. The number of nitrogens with zero attached hydrogens (tertiary/aromatic N) is 3. The molecule has 2 heterocycles. The number of nitrogens with two attached hydrogens (primary N) is 1. The third-order valence-corrected chi connectivity index (χ3v) is 2.14. The second-order valence-corrected chi connectivity index (χ2v) is 3.54. The molecule has 2 N–H and O–H groups in total. The molecule has 5 nitrogen and oxygen atoms in total. The van der Waals surface area contributed by atoms with E-state index in [0.29, 0.717) is 29.0 Å². The monoisotopic (exact) mass is 238 g/mol. The van der Waals surface area contributed by atoms with Gasteiger partial charge >= 0.3 is 0 Å². The summed E-state index contributed by atoms with van der Waals surface area (Å²) in [4.78, 5) is 4.24. The van der Waals surface area contributed by atoms with Gasteiger partial charge < -0.3 is 10.5 Å². The zero-order chi connectivity index (χ0) is 11.5. The average Bonchev–Trinajstić information content (AvgIpc) is 2.69. The van der Waals surface area contributed by atoms with Gasteiger partial charge in [-0.05, 0) is 19.1 Å². The molecule has 0 radical (unpaired) electrons. The fourth-order valence-corrected chi connectivity index (χ4v) is 1.38. The molecule has 0 spiro atoms. The van der Waals surface area contributed by atoms with Crippen LogP contribution in [0.25, 0.3) is 5.82 Å². The minimum absolute atomic E-state index is 0.409. The molecular weight excluding hydrogens is 228 g/mol. The highest BCUT2D eigenvalue weighted by atomic mass is 35.5. The van der Waals surface area contributed by atoms with Crippen molar-refractivity contribution in [3.05, 3.63) is 29.5 Å². The summed E-state index contributed by atoms with van der Waals surface area (Å²) in [6, 6.07) is 3.48. The molecule has 84 valence electrons. The first kappa shape index (κ1) is 10.8. The predicted molar refractivity (Wildman–Crippen MR) is 62.0 cm³/mol. The third-order valence-electron chi connectivity index (χ3n) is 1.94. The Morgan fingerprint density at radius 1 is 1.50 bits per heavy atom. The summed E-state index contributed by atoms with van der Waals surface area (Å²) in [6.07, 6.45) is 3.20. The number of aromatic nitrogens is 3. The van der Waals surface area contributed by atoms with Crippen molar-refractivity contribution in [3.8, 4) is 11.7 Å². The summed E-state index contributed by atoms with van der Waals surface area (Å²) in [5.41, 5.74) is 6.22. The highest BCUT2D eigenvalue weighted by molar-refractivity contribution is 6.30. The molecule has 0 saturated heterocycles. The largest absolute Gasteiger partial charge is 0.476 e. The molecule has 16 heavy (non-hydrogen) atoms. The maximum atomic E-state index is 5.78. The molecule has 0 bridgehead atoms. The van der Waals surface area contributed by atoms with E-state index in [1.165, 1.54) is 0 Å². The van der Waals surface area contributed by atoms with Gasteiger partial charge in [0.25, 0.3) is 0 Å². The first-order valence-corrected chi connectivity index (χ1v) is 5.18. The summed E-state index contributed by atoms with van der Waals surface area (Å²) in [6.45, 7) is 2.39. The van der Waals surface area contributed by atoms with Gasteiger partial charge in [0.15, 0.2) is 5.82 Å². The van der Waals surface area contributed by atoms with Crippen molar-refractivity contribution >= 4 is 17.3 Å². The van der Waals surface area contributed by atoms with E-state index in [0.717, 1.165) is 0 Å². The van der Waals surface area contributed by atoms with Crippen LogP contribution in [0.2, 0.25) is 5.02 Å². The quantitative estimate of drug-likeness (QED) is 0.887. The van der Waals surface area contributed by atoms with Gasteiger partial charge in [-0.15, -0.1) is 0 Å². The standard InChI is InChI=1S/C10H11ClN4O/c1-2-16-10-8(12)3-4-9(14-10)15-6-7(11)5-13-15/h3-6H,2,12H2,1H3. The maximum absolute atomic E-state index is 5.78. The normalized spacial score (nSPS) is 10.4. The molecule has 0 amide bonds. The molecular formula is C10H11ClN4O. The van der Waals surface area contributed by atoms with E-state index in [-0.39, 0.29) is 0 Å². The van der Waals surface area contributed by atoms with E-state index < -0.39 is 0 Å². The van der Waals surface area contributed by atoms with Crippen LogP contribution in [0.15, 0.2) is 24.5 Å². The molecule has 0 aliphatic rings. The SMILES string of the molecule is CCOc1nc(-n2cc(Cl)cn2)ccc1N. The molecule has 2 aromatic rings. The highest BCUT2D eigenvalue weighted by Gasteiger charge is 2.06. The third kappa shape index (κ3) is 2.09. The fourth-order valence-electron chi connectivity index (χ4n) is 1.25. The minimum Gasteiger partial charge on any atom is -0.476 e. The van der Waals surface area contributed by atoms with Crippen molar-refractivity contribution in [1.29, 1.82) is 0 Å². The maximum Gasteiger partial charge on any atom is 0.239 e. The Bertz CT molecular complexity index is 497. The van der Waals surface area contributed by atoms with E-state index in [1.807, 2.05) is 6.92 Å². The Morgan fingerprint density at radius 3 is 2.94 bits per heavy atom. The molecule has 6 heteroatoms. The molecule has 0 unspecified atom stereocenters. The zero-order valence-electron chi connectivity index (χ0n) is 8.72. The molecule has 0 saturated carbocycles. The Balaban J connectivity index is 2.39. The van der Waals surface area contributed by atoms with Crippen LogP contribution in [-0.2, 0) is 0 Å². The van der Waals surface area contributed by atoms with Gasteiger partial charge in [-0.1, -0.05) is 11.6 Å². The first-order chi connectivity index (χ1) is 7.70. The Labute approximate surface area is 97.8 Å². The number of hydrogen-bond acceptors (Lipinski definition) is 4. The van der Waals surface area contributed by atoms with Crippen LogP contribution in [0.1, 0.15) is 6.92 Å². The lowest BCUT2D eigenvalue weighted by atomic mass is 10.4. The second-order valence-electron chi connectivity index (χ2n) is 3.10. The van der Waals surface area contributed by atoms with E-state index >= 15 is 0 Å². The van der Waals surface area contributed by atoms with Gasteiger partial charge in [0.2, 0.25) is 5.88 Å². The first-order valence-electron chi connectivity index (χ1n) is 4.80. The summed E-state index contributed by atoms with van der Waals surface area (Å²) in [5.74, 6) is 1.02. The number of anilines is 1. The van der Waals surface area contributed by atoms with Crippen molar-refractivity contribution in [2.24, 2.45) is 0 Å². The Hall–Kier alpha value is -1.75. The van der Waals surface area contributed by atoms with Crippen molar-refractivity contribution < 1.29 is 4.74 Å². The van der Waals surface area contributed by atoms with Crippen LogP contribution in [0, 0.1) is 0 Å². The van der Waals surface area contributed by atoms with E-state index in [9.17, 15) is 0 Å². The summed E-state index contributed by atoms with van der Waals surface area (Å²) < 4.78 is 6.86. The van der Waals surface area contributed by atoms with Crippen LogP contribution in [0.3, 0.4) is 0 Å². The van der Waals surface area contributed by atoms with Crippen molar-refractivity contribution in [2.45, 2.75) is 6.92 Å². The predicted octanol–water partition coefficient (Wildman–Crippen LogP) is 1.90. The fraction of sp³-hybridized carbons (Fsp3) is 0.200. The van der Waals surface area contributed by atoms with Crippen LogP contribution < -0.4 is 10.5 Å². The minimum atomic E-state index is 0.409. The van der Waals surface area contributed by atoms with Gasteiger partial charge in [0.1, 0.15) is 0 Å². The number of rotatable bonds is 3. The summed E-state index contributed by atoms with van der Waals surface area (Å²) in [7, 11) is 0. The van der Waals surface area contributed by atoms with E-state index in [4.69, 9.17) is 22.1 Å². The smallest absolute Gasteiger partial charge is 0.239 e. The number of pyridine rings is 1. The van der Waals surface area contributed by atoms with Gasteiger partial charge in [0.05, 0.1) is 29.7 Å². The summed E-state index contributed by atoms with van der Waals surface area (Å²) in [5, 5.41) is 4.60. The van der Waals surface area contributed by atoms with Crippen LogP contribution in [-0.4, -0.2) is 21.4 Å². The van der Waals surface area contributed by atoms with Gasteiger partial charge in [0, 0.05) is 0 Å². The number of hydrogen-bond donors (Lipinski definition) is 1. The van der Waals surface area contributed by atoms with Crippen molar-refractivity contribution in [2.75, 3.05) is 12.3 Å². The average molecular weight is 239 g/mol. The molecule has 0 aromatic carbocycles. The molecule has 2 rings (SSSR count). The zero-order valence-corrected chi connectivity index (χ0v) is 9.48. The molecule has 2 aromatic heterocycles. The summed E-state index contributed by atoms with van der Waals surface area (Å²) >= 11 is 5.78. The topological polar surface area (TPSA) is 66.0 Å². The van der Waals surface area contributed by atoms with Gasteiger partial charge in [-0.25, -0.2) is 4.68 Å². The van der Waals surface area contributed by atoms with Crippen LogP contribution in [0.5, 0.6) is 5.88 Å². The van der Waals surface area contributed by atoms with Gasteiger partial charge in [-0.3, -0.25) is 0 Å². The second kappa shape index (κ2) is 4.40. The molecule has 0 aliphatic heterocycles. The van der Waals surface area contributed by atoms with Crippen molar-refractivity contribution in [1.82, 2.24) is 14.8 Å². The molecule has 0 aliphatic carbocycles. The van der Waals surface area contributed by atoms with Crippen LogP contribution >= 0.6 is 11.6 Å². The number of ether oxygens (including phenoxy) is 1. The van der Waals surface area contributed by atoms with Crippen molar-refractivity contribution in [3.63, 3.8) is 0 Å². The van der Waals surface area contributed by atoms with Crippen LogP contribution in [0.4, 0.5) is 5.69 Å². The lowest BCUT2D eigenvalue weighted by Gasteiger charge is -2.07. The highest BCUT2D eigenvalue weighted by Crippen LogP contribution is 2.20. The lowest BCUT2D eigenvalue weighted by Crippen LogP contribution is -2.04. The number of halogens is 1. The van der Waals surface area contributed by atoms with Gasteiger partial charge in [-0.2, -0.15) is 10.1 Å². The number of nitrogen functional groups attached to an aromatic ring is 1. The lowest BCUT2D eigenvalue weighted by molar-refractivity contribution is 0.328.